The van der Waals surface area contributed by atoms with Crippen molar-refractivity contribution in [3.8, 4) is 22.7 Å². The number of anilines is 1. The predicted molar refractivity (Wildman–Crippen MR) is 123 cm³/mol. The normalized spacial score (nSPS) is 11.3. The monoisotopic (exact) mass is 467 g/mol. The van der Waals surface area contributed by atoms with Gasteiger partial charge in [0.05, 0.1) is 21.8 Å². The van der Waals surface area contributed by atoms with Gasteiger partial charge < -0.3 is 10.4 Å². The fraction of sp³-hybridized carbons (Fsp3) is 0.0435. The highest BCUT2D eigenvalue weighted by Gasteiger charge is 2.20. The molecular formula is C23H18ClN3O4S. The summed E-state index contributed by atoms with van der Waals surface area (Å²) in [6.07, 6.45) is 2.68. The Labute approximate surface area is 189 Å². The number of carbonyl (C=O) groups is 1. The van der Waals surface area contributed by atoms with Gasteiger partial charge in [0.2, 0.25) is 0 Å². The Kier molecular flexibility index (Phi) is 5.73. The van der Waals surface area contributed by atoms with Crippen LogP contribution in [0.3, 0.4) is 0 Å². The van der Waals surface area contributed by atoms with Crippen LogP contribution in [0.15, 0.2) is 83.9 Å². The van der Waals surface area contributed by atoms with Crippen molar-refractivity contribution >= 4 is 33.0 Å². The number of hydrogen-bond acceptors (Lipinski definition) is 5. The molecule has 0 atom stereocenters. The molecule has 0 bridgehead atoms. The van der Waals surface area contributed by atoms with E-state index >= 15 is 0 Å². The van der Waals surface area contributed by atoms with Gasteiger partial charge in [0.25, 0.3) is 5.91 Å². The molecule has 7 nitrogen and oxygen atoms in total. The van der Waals surface area contributed by atoms with Crippen molar-refractivity contribution in [3.05, 3.63) is 89.6 Å². The summed E-state index contributed by atoms with van der Waals surface area (Å²) < 4.78 is 25.1. The third-order valence-corrected chi connectivity index (χ3v) is 6.10. The van der Waals surface area contributed by atoms with Gasteiger partial charge in [-0.25, -0.2) is 13.1 Å². The van der Waals surface area contributed by atoms with E-state index in [0.717, 1.165) is 6.26 Å². The average molecular weight is 468 g/mol. The molecule has 0 spiro atoms. The third-order valence-electron chi connectivity index (χ3n) is 4.74. The Morgan fingerprint density at radius 1 is 1.03 bits per heavy atom. The number of carbonyl (C=O) groups excluding carboxylic acids is 1. The number of benzene rings is 3. The van der Waals surface area contributed by atoms with Crippen LogP contribution in [0.1, 0.15) is 10.4 Å². The lowest BCUT2D eigenvalue weighted by Crippen LogP contribution is -2.12. The van der Waals surface area contributed by atoms with Crippen LogP contribution in [0.4, 0.5) is 5.69 Å². The van der Waals surface area contributed by atoms with Crippen LogP contribution in [-0.4, -0.2) is 35.5 Å². The van der Waals surface area contributed by atoms with E-state index in [4.69, 9.17) is 11.6 Å². The van der Waals surface area contributed by atoms with Crippen molar-refractivity contribution in [1.82, 2.24) is 9.78 Å². The zero-order chi connectivity index (χ0) is 22.9. The summed E-state index contributed by atoms with van der Waals surface area (Å²) in [7, 11) is -3.36. The molecule has 0 fully saturated rings. The number of aromatic hydroxyl groups is 1. The molecule has 1 aromatic heterocycles. The van der Waals surface area contributed by atoms with E-state index in [0.29, 0.717) is 22.0 Å². The topological polar surface area (TPSA) is 101 Å². The average Bonchev–Trinajstić information content (AvgIpc) is 3.21. The third kappa shape index (κ3) is 4.51. The van der Waals surface area contributed by atoms with E-state index in [2.05, 4.69) is 10.4 Å². The zero-order valence-corrected chi connectivity index (χ0v) is 18.4. The number of phenols is 1. The minimum Gasteiger partial charge on any atom is -0.506 e. The number of sulfone groups is 1. The van der Waals surface area contributed by atoms with E-state index < -0.39 is 15.7 Å². The van der Waals surface area contributed by atoms with Gasteiger partial charge in [-0.05, 0) is 42.5 Å². The Hall–Kier alpha value is -3.62. The lowest BCUT2D eigenvalue weighted by molar-refractivity contribution is 0.102. The van der Waals surface area contributed by atoms with E-state index in [9.17, 15) is 18.3 Å². The van der Waals surface area contributed by atoms with Crippen molar-refractivity contribution < 1.29 is 18.3 Å². The highest BCUT2D eigenvalue weighted by Crippen LogP contribution is 2.28. The van der Waals surface area contributed by atoms with Crippen LogP contribution in [0.25, 0.3) is 16.9 Å². The molecule has 3 aromatic carbocycles. The van der Waals surface area contributed by atoms with Gasteiger partial charge in [-0.1, -0.05) is 41.9 Å². The Balaban J connectivity index is 1.80. The highest BCUT2D eigenvalue weighted by molar-refractivity contribution is 7.90. The molecule has 0 unspecified atom stereocenters. The Bertz CT molecular complexity index is 1410. The van der Waals surface area contributed by atoms with Crippen molar-refractivity contribution in [3.63, 3.8) is 0 Å². The molecule has 4 rings (SSSR count). The quantitative estimate of drug-likeness (QED) is 0.419. The number of aromatic nitrogens is 2. The molecule has 0 aliphatic carbocycles. The number of halogens is 1. The number of nitrogens with one attached hydrogen (secondary N) is 1. The van der Waals surface area contributed by atoms with Crippen LogP contribution in [0.2, 0.25) is 5.02 Å². The number of nitrogens with zero attached hydrogens (tertiary/aromatic N) is 2. The Morgan fingerprint density at radius 2 is 1.75 bits per heavy atom. The van der Waals surface area contributed by atoms with Crippen LogP contribution in [-0.2, 0) is 9.84 Å². The summed E-state index contributed by atoms with van der Waals surface area (Å²) >= 11 is 6.10. The molecule has 0 saturated carbocycles. The fourth-order valence-electron chi connectivity index (χ4n) is 3.13. The number of hydrogen-bond donors (Lipinski definition) is 2. The van der Waals surface area contributed by atoms with Gasteiger partial charge >= 0.3 is 0 Å². The van der Waals surface area contributed by atoms with Crippen LogP contribution < -0.4 is 5.32 Å². The molecular weight excluding hydrogens is 450 g/mol. The molecule has 32 heavy (non-hydrogen) atoms. The lowest BCUT2D eigenvalue weighted by Gasteiger charge is -2.07. The van der Waals surface area contributed by atoms with Crippen LogP contribution >= 0.6 is 11.6 Å². The summed E-state index contributed by atoms with van der Waals surface area (Å²) in [6, 6.07) is 19.5. The second kappa shape index (κ2) is 8.49. The first-order valence-electron chi connectivity index (χ1n) is 9.48. The van der Waals surface area contributed by atoms with Crippen LogP contribution in [0, 0.1) is 0 Å². The van der Waals surface area contributed by atoms with E-state index in [-0.39, 0.29) is 21.9 Å². The Morgan fingerprint density at radius 3 is 2.41 bits per heavy atom. The molecule has 1 heterocycles. The highest BCUT2D eigenvalue weighted by atomic mass is 35.5. The minimum absolute atomic E-state index is 0.0675. The second-order valence-corrected chi connectivity index (χ2v) is 9.54. The maximum Gasteiger partial charge on any atom is 0.259 e. The first-order chi connectivity index (χ1) is 15.2. The summed E-state index contributed by atoms with van der Waals surface area (Å²) in [5.41, 5.74) is 2.04. The maximum atomic E-state index is 13.1. The van der Waals surface area contributed by atoms with Gasteiger partial charge in [-0.15, -0.1) is 0 Å². The molecule has 0 radical (unpaired) electrons. The second-order valence-electron chi connectivity index (χ2n) is 7.08. The number of para-hydroxylation sites is 2. The summed E-state index contributed by atoms with van der Waals surface area (Å²) in [4.78, 5) is 13.3. The number of phenolic OH excluding ortho intramolecular Hbond substituents is 1. The first kappa shape index (κ1) is 21.6. The van der Waals surface area contributed by atoms with Crippen molar-refractivity contribution in [2.75, 3.05) is 11.6 Å². The molecule has 2 N–H and O–H groups in total. The van der Waals surface area contributed by atoms with Crippen LogP contribution in [0.5, 0.6) is 5.75 Å². The lowest BCUT2D eigenvalue weighted by atomic mass is 10.1. The van der Waals surface area contributed by atoms with Crippen molar-refractivity contribution in [1.29, 1.82) is 0 Å². The van der Waals surface area contributed by atoms with Crippen molar-refractivity contribution in [2.24, 2.45) is 0 Å². The minimum atomic E-state index is -3.36. The summed E-state index contributed by atoms with van der Waals surface area (Å²) in [5, 5.41) is 17.8. The number of amides is 1. The molecule has 0 aliphatic heterocycles. The van der Waals surface area contributed by atoms with Crippen molar-refractivity contribution in [2.45, 2.75) is 4.90 Å². The summed E-state index contributed by atoms with van der Waals surface area (Å²) in [5.74, 6) is -0.552. The number of rotatable bonds is 5. The molecule has 9 heteroatoms. The molecule has 0 aliphatic rings. The molecule has 162 valence electrons. The van der Waals surface area contributed by atoms with Gasteiger partial charge in [0.1, 0.15) is 11.4 Å². The standard InChI is InChI=1S/C23H18ClN3O4S/c1-32(30,31)18-11-9-15(10-12-18)22-19(23(29)25-20-7-2-3-8-21(20)28)14-27(26-22)17-6-4-5-16(24)13-17/h2-14,28H,1H3,(H,25,29). The van der Waals surface area contributed by atoms with E-state index in [1.807, 2.05) is 0 Å². The zero-order valence-electron chi connectivity index (χ0n) is 16.9. The van der Waals surface area contributed by atoms with Gasteiger partial charge in [0.15, 0.2) is 9.84 Å². The largest absolute Gasteiger partial charge is 0.506 e. The van der Waals surface area contributed by atoms with Gasteiger partial charge in [0, 0.05) is 23.0 Å². The van der Waals surface area contributed by atoms with E-state index in [1.165, 1.54) is 22.9 Å². The van der Waals surface area contributed by atoms with Gasteiger partial charge in [-0.3, -0.25) is 4.79 Å². The smallest absolute Gasteiger partial charge is 0.259 e. The predicted octanol–water partition coefficient (Wildman–Crippen LogP) is 4.55. The van der Waals surface area contributed by atoms with Gasteiger partial charge in [-0.2, -0.15) is 5.10 Å². The summed E-state index contributed by atoms with van der Waals surface area (Å²) in [6.45, 7) is 0. The maximum absolute atomic E-state index is 13.1. The first-order valence-corrected chi connectivity index (χ1v) is 11.7. The SMILES string of the molecule is CS(=O)(=O)c1ccc(-c2nn(-c3cccc(Cl)c3)cc2C(=O)Nc2ccccc2O)cc1. The molecule has 0 saturated heterocycles. The molecule has 1 amide bonds. The molecule has 4 aromatic rings. The van der Waals surface area contributed by atoms with E-state index in [1.54, 1.807) is 60.8 Å². The fourth-order valence-corrected chi connectivity index (χ4v) is 3.95.